The summed E-state index contributed by atoms with van der Waals surface area (Å²) in [6.45, 7) is 3.29. The van der Waals surface area contributed by atoms with Gasteiger partial charge >= 0.3 is 0 Å². The van der Waals surface area contributed by atoms with Gasteiger partial charge in [0.25, 0.3) is 0 Å². The molecule has 0 spiro atoms. The second-order valence-corrected chi connectivity index (χ2v) is 7.09. The Kier molecular flexibility index (Phi) is 3.72. The zero-order valence-corrected chi connectivity index (χ0v) is 13.2. The molecule has 0 aromatic heterocycles. The van der Waals surface area contributed by atoms with E-state index in [0.29, 0.717) is 4.99 Å². The molecule has 0 saturated heterocycles. The Labute approximate surface area is 127 Å². The van der Waals surface area contributed by atoms with Crippen LogP contribution in [0, 0.1) is 24.7 Å². The summed E-state index contributed by atoms with van der Waals surface area (Å²) in [6.07, 6.45) is 5.80. The van der Waals surface area contributed by atoms with Crippen LogP contribution in [0.5, 0.6) is 0 Å². The molecule has 1 aromatic rings. The van der Waals surface area contributed by atoms with Crippen LogP contribution in [0.3, 0.4) is 0 Å². The lowest BCUT2D eigenvalue weighted by Gasteiger charge is -2.30. The highest BCUT2D eigenvalue weighted by molar-refractivity contribution is 7.80. The summed E-state index contributed by atoms with van der Waals surface area (Å²) in [5.74, 6) is 2.82. The van der Waals surface area contributed by atoms with Crippen molar-refractivity contribution in [3.05, 3.63) is 29.3 Å². The molecule has 3 rings (SSSR count). The molecular weight excluding hydrogens is 264 g/mol. The SMILES string of the molecule is Cc1cccc(C(N)=S)c1N(C)CC1CC2CCC1C2. The van der Waals surface area contributed by atoms with Gasteiger partial charge in [-0.1, -0.05) is 30.8 Å². The van der Waals surface area contributed by atoms with Crippen LogP contribution in [0.2, 0.25) is 0 Å². The molecule has 3 unspecified atom stereocenters. The molecule has 0 amide bonds. The van der Waals surface area contributed by atoms with Crippen molar-refractivity contribution in [1.29, 1.82) is 0 Å². The number of benzene rings is 1. The molecule has 3 heteroatoms. The summed E-state index contributed by atoms with van der Waals surface area (Å²) >= 11 is 5.22. The number of nitrogens with zero attached hydrogens (tertiary/aromatic N) is 1. The lowest BCUT2D eigenvalue weighted by molar-refractivity contribution is 0.337. The molecule has 0 radical (unpaired) electrons. The number of para-hydroxylation sites is 1. The van der Waals surface area contributed by atoms with Gasteiger partial charge in [-0.2, -0.15) is 0 Å². The highest BCUT2D eigenvalue weighted by atomic mass is 32.1. The average molecular weight is 288 g/mol. The van der Waals surface area contributed by atoms with Crippen molar-refractivity contribution < 1.29 is 0 Å². The monoisotopic (exact) mass is 288 g/mol. The predicted molar refractivity (Wildman–Crippen MR) is 89.3 cm³/mol. The molecule has 3 atom stereocenters. The number of fused-ring (bicyclic) bond motifs is 2. The van der Waals surface area contributed by atoms with Crippen LogP contribution in [0.15, 0.2) is 18.2 Å². The van der Waals surface area contributed by atoms with Crippen LogP contribution in [0.25, 0.3) is 0 Å². The zero-order valence-electron chi connectivity index (χ0n) is 12.4. The van der Waals surface area contributed by atoms with Crippen LogP contribution in [0.1, 0.15) is 36.8 Å². The van der Waals surface area contributed by atoms with E-state index in [-0.39, 0.29) is 0 Å². The van der Waals surface area contributed by atoms with Gasteiger partial charge in [0.1, 0.15) is 4.99 Å². The van der Waals surface area contributed by atoms with E-state index in [9.17, 15) is 0 Å². The molecule has 2 saturated carbocycles. The first-order chi connectivity index (χ1) is 9.56. The third-order valence-corrected chi connectivity index (χ3v) is 5.50. The lowest BCUT2D eigenvalue weighted by Crippen LogP contribution is -2.30. The molecule has 2 bridgehead atoms. The summed E-state index contributed by atoms with van der Waals surface area (Å²) in [5, 5.41) is 0. The number of thiocarbonyl (C=S) groups is 1. The Bertz CT molecular complexity index is 526. The number of hydrogen-bond donors (Lipinski definition) is 1. The van der Waals surface area contributed by atoms with Crippen molar-refractivity contribution in [1.82, 2.24) is 0 Å². The molecule has 2 aliphatic carbocycles. The van der Waals surface area contributed by atoms with Crippen molar-refractivity contribution in [3.8, 4) is 0 Å². The standard InChI is InChI=1S/C17H24N2S/c1-11-4-3-5-15(17(18)20)16(11)19(2)10-14-9-12-6-7-13(14)8-12/h3-5,12-14H,6-10H2,1-2H3,(H2,18,20). The molecule has 0 aliphatic heterocycles. The van der Waals surface area contributed by atoms with Crippen molar-refractivity contribution in [2.45, 2.75) is 32.6 Å². The molecule has 2 aliphatic rings. The second-order valence-electron chi connectivity index (χ2n) is 6.65. The average Bonchev–Trinajstić information content (AvgIpc) is 3.00. The van der Waals surface area contributed by atoms with E-state index in [4.69, 9.17) is 18.0 Å². The highest BCUT2D eigenvalue weighted by Gasteiger charge is 2.39. The Hall–Kier alpha value is -1.09. The summed E-state index contributed by atoms with van der Waals surface area (Å²) in [5.41, 5.74) is 9.40. The first kappa shape index (κ1) is 13.9. The lowest BCUT2D eigenvalue weighted by atomic mass is 9.88. The van der Waals surface area contributed by atoms with Crippen LogP contribution in [-0.4, -0.2) is 18.6 Å². The third kappa shape index (κ3) is 2.44. The fourth-order valence-electron chi connectivity index (χ4n) is 4.41. The van der Waals surface area contributed by atoms with Gasteiger partial charge in [-0.25, -0.2) is 0 Å². The summed E-state index contributed by atoms with van der Waals surface area (Å²) in [6, 6.07) is 6.23. The molecule has 2 fully saturated rings. The smallest absolute Gasteiger partial charge is 0.106 e. The Morgan fingerprint density at radius 3 is 2.75 bits per heavy atom. The van der Waals surface area contributed by atoms with E-state index in [1.807, 2.05) is 12.1 Å². The zero-order chi connectivity index (χ0) is 14.3. The van der Waals surface area contributed by atoms with Crippen LogP contribution in [-0.2, 0) is 0 Å². The Morgan fingerprint density at radius 1 is 1.35 bits per heavy atom. The van der Waals surface area contributed by atoms with Gasteiger partial charge in [0.2, 0.25) is 0 Å². The fraction of sp³-hybridized carbons (Fsp3) is 0.588. The maximum atomic E-state index is 5.89. The van der Waals surface area contributed by atoms with Gasteiger partial charge < -0.3 is 10.6 Å². The summed E-state index contributed by atoms with van der Waals surface area (Å²) in [7, 11) is 2.19. The molecule has 2 nitrogen and oxygen atoms in total. The second kappa shape index (κ2) is 5.36. The van der Waals surface area contributed by atoms with Crippen molar-refractivity contribution >= 4 is 22.9 Å². The van der Waals surface area contributed by atoms with Crippen LogP contribution in [0.4, 0.5) is 5.69 Å². The minimum Gasteiger partial charge on any atom is -0.389 e. The van der Waals surface area contributed by atoms with Crippen molar-refractivity contribution in [3.63, 3.8) is 0 Å². The van der Waals surface area contributed by atoms with E-state index >= 15 is 0 Å². The van der Waals surface area contributed by atoms with Gasteiger partial charge in [-0.05, 0) is 55.6 Å². The Morgan fingerprint density at radius 2 is 2.15 bits per heavy atom. The largest absolute Gasteiger partial charge is 0.389 e. The minimum atomic E-state index is 0.503. The molecule has 108 valence electrons. The summed E-state index contributed by atoms with van der Waals surface area (Å²) in [4.78, 5) is 2.89. The van der Waals surface area contributed by atoms with E-state index in [0.717, 1.165) is 29.9 Å². The molecule has 0 heterocycles. The van der Waals surface area contributed by atoms with Crippen molar-refractivity contribution in [2.24, 2.45) is 23.5 Å². The maximum Gasteiger partial charge on any atom is 0.106 e. The number of rotatable bonds is 4. The predicted octanol–water partition coefficient (Wildman–Crippen LogP) is 3.50. The van der Waals surface area contributed by atoms with Gasteiger partial charge in [0, 0.05) is 24.8 Å². The van der Waals surface area contributed by atoms with Crippen LogP contribution >= 0.6 is 12.2 Å². The summed E-state index contributed by atoms with van der Waals surface area (Å²) < 4.78 is 0. The van der Waals surface area contributed by atoms with Crippen molar-refractivity contribution in [2.75, 3.05) is 18.5 Å². The van der Waals surface area contributed by atoms with E-state index < -0.39 is 0 Å². The van der Waals surface area contributed by atoms with Gasteiger partial charge in [0.15, 0.2) is 0 Å². The number of anilines is 1. The fourth-order valence-corrected chi connectivity index (χ4v) is 4.57. The first-order valence-electron chi connectivity index (χ1n) is 7.66. The number of hydrogen-bond acceptors (Lipinski definition) is 2. The number of nitrogens with two attached hydrogens (primary N) is 1. The molecule has 20 heavy (non-hydrogen) atoms. The third-order valence-electron chi connectivity index (χ3n) is 5.28. The highest BCUT2D eigenvalue weighted by Crippen LogP contribution is 2.48. The van der Waals surface area contributed by atoms with E-state index in [1.165, 1.54) is 36.9 Å². The Balaban J connectivity index is 1.80. The minimum absolute atomic E-state index is 0.503. The molecule has 1 aromatic carbocycles. The van der Waals surface area contributed by atoms with Gasteiger partial charge in [-0.3, -0.25) is 0 Å². The van der Waals surface area contributed by atoms with E-state index in [1.54, 1.807) is 0 Å². The maximum absolute atomic E-state index is 5.89. The topological polar surface area (TPSA) is 29.3 Å². The molecular formula is C17H24N2S. The van der Waals surface area contributed by atoms with Gasteiger partial charge in [0.05, 0.1) is 0 Å². The van der Waals surface area contributed by atoms with E-state index in [2.05, 4.69) is 24.9 Å². The first-order valence-corrected chi connectivity index (χ1v) is 8.07. The normalized spacial score (nSPS) is 27.8. The van der Waals surface area contributed by atoms with Gasteiger partial charge in [-0.15, -0.1) is 0 Å². The molecule has 2 N–H and O–H groups in total. The quantitative estimate of drug-likeness (QED) is 0.860. The van der Waals surface area contributed by atoms with Crippen LogP contribution < -0.4 is 10.6 Å². The number of aryl methyl sites for hydroxylation is 1.